The molecule has 0 bridgehead atoms. The molecule has 1 atom stereocenters. The largest absolute Gasteiger partial charge is 0.378 e. The molecule has 0 aromatic carbocycles. The summed E-state index contributed by atoms with van der Waals surface area (Å²) in [7, 11) is 1.67. The van der Waals surface area contributed by atoms with E-state index in [2.05, 4.69) is 4.98 Å². The predicted molar refractivity (Wildman–Crippen MR) is 52.8 cm³/mol. The van der Waals surface area contributed by atoms with Gasteiger partial charge in [0.25, 0.3) is 0 Å². The van der Waals surface area contributed by atoms with Gasteiger partial charge in [-0.1, -0.05) is 0 Å². The van der Waals surface area contributed by atoms with E-state index in [-0.39, 0.29) is 5.60 Å². The van der Waals surface area contributed by atoms with Gasteiger partial charge in [0.15, 0.2) is 6.29 Å². The van der Waals surface area contributed by atoms with Crippen molar-refractivity contribution >= 4 is 6.29 Å². The van der Waals surface area contributed by atoms with Gasteiger partial charge in [0.2, 0.25) is 0 Å². The Morgan fingerprint density at radius 2 is 2.67 bits per heavy atom. The number of carbonyl (C=O) groups excluding carboxylic acids is 1. The molecule has 5 nitrogen and oxygen atoms in total. The van der Waals surface area contributed by atoms with Crippen molar-refractivity contribution < 1.29 is 14.3 Å². The van der Waals surface area contributed by atoms with Gasteiger partial charge in [-0.3, -0.25) is 4.79 Å². The molecule has 2 heterocycles. The van der Waals surface area contributed by atoms with Crippen LogP contribution in [0.2, 0.25) is 0 Å². The number of nitrogens with zero attached hydrogens (tertiary/aromatic N) is 2. The van der Waals surface area contributed by atoms with Gasteiger partial charge in [-0.15, -0.1) is 0 Å². The number of carbonyl (C=O) groups is 1. The molecule has 1 fully saturated rings. The molecule has 0 spiro atoms. The molecule has 2 rings (SSSR count). The zero-order valence-corrected chi connectivity index (χ0v) is 8.68. The van der Waals surface area contributed by atoms with Crippen LogP contribution >= 0.6 is 0 Å². The standard InChI is InChI=1S/C10H14N2O3/c1-14-10(2-3-15-7-10)6-12-8-11-4-9(12)5-13/h4-5,8H,2-3,6-7H2,1H3. The minimum absolute atomic E-state index is 0.307. The molecule has 0 amide bonds. The minimum atomic E-state index is -0.307. The molecule has 0 N–H and O–H groups in total. The summed E-state index contributed by atoms with van der Waals surface area (Å²) in [5, 5.41) is 0. The van der Waals surface area contributed by atoms with Crippen molar-refractivity contribution in [3.63, 3.8) is 0 Å². The van der Waals surface area contributed by atoms with E-state index >= 15 is 0 Å². The lowest BCUT2D eigenvalue weighted by atomic mass is 10.0. The molecule has 0 radical (unpaired) electrons. The molecule has 15 heavy (non-hydrogen) atoms. The van der Waals surface area contributed by atoms with Crippen molar-refractivity contribution in [1.82, 2.24) is 9.55 Å². The Kier molecular flexibility index (Phi) is 2.83. The number of ether oxygens (including phenoxy) is 2. The zero-order chi connectivity index (χ0) is 10.7. The van der Waals surface area contributed by atoms with E-state index in [0.29, 0.717) is 25.5 Å². The molecular formula is C10H14N2O3. The Morgan fingerprint density at radius 1 is 1.80 bits per heavy atom. The van der Waals surface area contributed by atoms with E-state index in [4.69, 9.17) is 9.47 Å². The Bertz CT molecular complexity index is 342. The number of aldehydes is 1. The second-order valence-electron chi connectivity index (χ2n) is 3.75. The van der Waals surface area contributed by atoms with Crippen molar-refractivity contribution in [2.75, 3.05) is 20.3 Å². The van der Waals surface area contributed by atoms with Crippen LogP contribution in [-0.2, 0) is 16.0 Å². The van der Waals surface area contributed by atoms with E-state index in [1.54, 1.807) is 24.2 Å². The third-order valence-corrected chi connectivity index (χ3v) is 2.82. The second-order valence-corrected chi connectivity index (χ2v) is 3.75. The average Bonchev–Trinajstić information content (AvgIpc) is 2.88. The van der Waals surface area contributed by atoms with E-state index in [0.717, 1.165) is 12.7 Å². The fourth-order valence-corrected chi connectivity index (χ4v) is 1.81. The molecule has 1 unspecified atom stereocenters. The quantitative estimate of drug-likeness (QED) is 0.679. The van der Waals surface area contributed by atoms with Gasteiger partial charge in [-0.2, -0.15) is 0 Å². The van der Waals surface area contributed by atoms with Crippen LogP contribution in [0.15, 0.2) is 12.5 Å². The van der Waals surface area contributed by atoms with Crippen LogP contribution in [-0.4, -0.2) is 41.8 Å². The van der Waals surface area contributed by atoms with Crippen LogP contribution in [0.25, 0.3) is 0 Å². The third kappa shape index (κ3) is 1.93. The molecule has 5 heteroatoms. The summed E-state index contributed by atoms with van der Waals surface area (Å²) < 4.78 is 12.6. The first kappa shape index (κ1) is 10.3. The first-order valence-electron chi connectivity index (χ1n) is 4.88. The predicted octanol–water partition coefficient (Wildman–Crippen LogP) is 0.501. The highest BCUT2D eigenvalue weighted by atomic mass is 16.5. The highest BCUT2D eigenvalue weighted by molar-refractivity contribution is 5.71. The molecule has 1 saturated heterocycles. The summed E-state index contributed by atoms with van der Waals surface area (Å²) in [6.07, 6.45) is 4.83. The molecule has 1 aromatic heterocycles. The van der Waals surface area contributed by atoms with Gasteiger partial charge in [0.1, 0.15) is 11.3 Å². The first-order chi connectivity index (χ1) is 7.29. The van der Waals surface area contributed by atoms with E-state index in [9.17, 15) is 4.79 Å². The summed E-state index contributed by atoms with van der Waals surface area (Å²) in [5.74, 6) is 0. The van der Waals surface area contributed by atoms with Gasteiger partial charge < -0.3 is 14.0 Å². The Balaban J connectivity index is 2.16. The Hall–Kier alpha value is -1.20. The minimum Gasteiger partial charge on any atom is -0.378 e. The summed E-state index contributed by atoms with van der Waals surface area (Å²) >= 11 is 0. The number of hydrogen-bond donors (Lipinski definition) is 0. The molecule has 1 aliphatic heterocycles. The SMILES string of the molecule is COC1(Cn2cncc2C=O)CCOC1. The van der Waals surface area contributed by atoms with Crippen LogP contribution < -0.4 is 0 Å². The van der Waals surface area contributed by atoms with Crippen LogP contribution in [0.3, 0.4) is 0 Å². The van der Waals surface area contributed by atoms with Gasteiger partial charge in [0, 0.05) is 20.1 Å². The van der Waals surface area contributed by atoms with E-state index in [1.807, 2.05) is 0 Å². The molecular weight excluding hydrogens is 196 g/mol. The second kappa shape index (κ2) is 4.12. The highest BCUT2D eigenvalue weighted by Gasteiger charge is 2.35. The lowest BCUT2D eigenvalue weighted by Gasteiger charge is -2.26. The number of aromatic nitrogens is 2. The fraction of sp³-hybridized carbons (Fsp3) is 0.600. The summed E-state index contributed by atoms with van der Waals surface area (Å²) in [6, 6.07) is 0. The summed E-state index contributed by atoms with van der Waals surface area (Å²) in [6.45, 7) is 1.89. The highest BCUT2D eigenvalue weighted by Crippen LogP contribution is 2.24. The maximum Gasteiger partial charge on any atom is 0.168 e. The molecule has 1 aliphatic rings. The maximum atomic E-state index is 10.7. The smallest absolute Gasteiger partial charge is 0.168 e. The van der Waals surface area contributed by atoms with Crippen molar-refractivity contribution in [3.8, 4) is 0 Å². The first-order valence-corrected chi connectivity index (χ1v) is 4.88. The topological polar surface area (TPSA) is 53.4 Å². The monoisotopic (exact) mass is 210 g/mol. The third-order valence-electron chi connectivity index (χ3n) is 2.82. The normalized spacial score (nSPS) is 25.7. The van der Waals surface area contributed by atoms with E-state index in [1.165, 1.54) is 0 Å². The van der Waals surface area contributed by atoms with Crippen LogP contribution in [0.1, 0.15) is 16.9 Å². The van der Waals surface area contributed by atoms with Crippen LogP contribution in [0.5, 0.6) is 0 Å². The van der Waals surface area contributed by atoms with Gasteiger partial charge >= 0.3 is 0 Å². The fourth-order valence-electron chi connectivity index (χ4n) is 1.81. The number of rotatable bonds is 4. The van der Waals surface area contributed by atoms with Gasteiger partial charge in [0.05, 0.1) is 25.7 Å². The van der Waals surface area contributed by atoms with Crippen molar-refractivity contribution in [2.24, 2.45) is 0 Å². The number of hydrogen-bond acceptors (Lipinski definition) is 4. The Labute approximate surface area is 88.0 Å². The van der Waals surface area contributed by atoms with Crippen LogP contribution in [0, 0.1) is 0 Å². The summed E-state index contributed by atoms with van der Waals surface area (Å²) in [5.41, 5.74) is 0.261. The molecule has 0 aliphatic carbocycles. The lowest BCUT2D eigenvalue weighted by molar-refractivity contribution is -0.0297. The van der Waals surface area contributed by atoms with Crippen molar-refractivity contribution in [3.05, 3.63) is 18.2 Å². The van der Waals surface area contributed by atoms with Crippen LogP contribution in [0.4, 0.5) is 0 Å². The molecule has 0 saturated carbocycles. The number of methoxy groups -OCH3 is 1. The number of imidazole rings is 1. The molecule has 82 valence electrons. The molecule has 1 aromatic rings. The summed E-state index contributed by atoms with van der Waals surface area (Å²) in [4.78, 5) is 14.7. The van der Waals surface area contributed by atoms with Gasteiger partial charge in [-0.05, 0) is 0 Å². The van der Waals surface area contributed by atoms with Crippen molar-refractivity contribution in [1.29, 1.82) is 0 Å². The Morgan fingerprint density at radius 3 is 3.27 bits per heavy atom. The maximum absolute atomic E-state index is 10.7. The van der Waals surface area contributed by atoms with E-state index < -0.39 is 0 Å². The lowest BCUT2D eigenvalue weighted by Crippen LogP contribution is -2.37. The van der Waals surface area contributed by atoms with Crippen molar-refractivity contribution in [2.45, 2.75) is 18.6 Å². The average molecular weight is 210 g/mol. The van der Waals surface area contributed by atoms with Gasteiger partial charge in [-0.25, -0.2) is 4.98 Å². The zero-order valence-electron chi connectivity index (χ0n) is 8.68.